The second-order valence-electron chi connectivity index (χ2n) is 6.51. The Hall–Kier alpha value is -3.61. The van der Waals surface area contributed by atoms with Gasteiger partial charge < -0.3 is 10.1 Å². The molecule has 0 aliphatic heterocycles. The van der Waals surface area contributed by atoms with Gasteiger partial charge in [-0.25, -0.2) is 9.48 Å². The Morgan fingerprint density at radius 2 is 1.83 bits per heavy atom. The summed E-state index contributed by atoms with van der Waals surface area (Å²) in [4.78, 5) is 24.2. The van der Waals surface area contributed by atoms with E-state index in [2.05, 4.69) is 15.7 Å². The zero-order valence-electron chi connectivity index (χ0n) is 16.7. The summed E-state index contributed by atoms with van der Waals surface area (Å²) in [5.74, 6) is -0.233. The van der Waals surface area contributed by atoms with Crippen molar-refractivity contribution in [3.05, 3.63) is 77.1 Å². The number of carbonyl (C=O) groups excluding carboxylic acids is 2. The highest BCUT2D eigenvalue weighted by molar-refractivity contribution is 5.96. The highest BCUT2D eigenvalue weighted by atomic mass is 16.5. The third kappa shape index (κ3) is 4.82. The number of para-hydroxylation sites is 1. The molecule has 1 heterocycles. The minimum Gasteiger partial charge on any atom is -0.450 e. The molecule has 3 aromatic rings. The van der Waals surface area contributed by atoms with E-state index in [4.69, 9.17) is 4.74 Å². The third-order valence-corrected chi connectivity index (χ3v) is 4.51. The number of hydrogen-bond acceptors (Lipinski definition) is 4. The molecule has 7 heteroatoms. The number of benzene rings is 2. The Labute approximate surface area is 169 Å². The first-order chi connectivity index (χ1) is 14.0. The first-order valence-electron chi connectivity index (χ1n) is 9.42. The zero-order valence-corrected chi connectivity index (χ0v) is 16.7. The minimum atomic E-state index is -0.551. The minimum absolute atomic E-state index is 0.233. The second-order valence-corrected chi connectivity index (χ2v) is 6.51. The number of aryl methyl sites for hydroxylation is 1. The van der Waals surface area contributed by atoms with Gasteiger partial charge in [0.15, 0.2) is 0 Å². The molecule has 2 N–H and O–H groups in total. The number of hydrogen-bond donors (Lipinski definition) is 2. The number of aromatic nitrogens is 2. The third-order valence-electron chi connectivity index (χ3n) is 4.51. The number of rotatable bonds is 6. The molecule has 0 saturated heterocycles. The Bertz CT molecular complexity index is 1010. The van der Waals surface area contributed by atoms with E-state index in [9.17, 15) is 9.59 Å². The quantitative estimate of drug-likeness (QED) is 0.664. The van der Waals surface area contributed by atoms with Crippen molar-refractivity contribution in [3.8, 4) is 5.69 Å². The van der Waals surface area contributed by atoms with Crippen molar-refractivity contribution < 1.29 is 14.3 Å². The molecule has 0 radical (unpaired) electrons. The summed E-state index contributed by atoms with van der Waals surface area (Å²) in [7, 11) is 0. The normalized spacial score (nSPS) is 10.4. The molecular weight excluding hydrogens is 368 g/mol. The van der Waals surface area contributed by atoms with Gasteiger partial charge in [0, 0.05) is 29.1 Å². The molecule has 0 spiro atoms. The number of carbonyl (C=O) groups is 2. The summed E-state index contributed by atoms with van der Waals surface area (Å²) in [6.07, 6.45) is -0.551. The Balaban J connectivity index is 1.70. The summed E-state index contributed by atoms with van der Waals surface area (Å²) in [6.45, 7) is 6.28. The molecule has 0 aliphatic rings. The van der Waals surface area contributed by atoms with Crippen LogP contribution in [-0.2, 0) is 11.3 Å². The van der Waals surface area contributed by atoms with Crippen molar-refractivity contribution in [2.24, 2.45) is 0 Å². The Morgan fingerprint density at radius 1 is 1.07 bits per heavy atom. The first kappa shape index (κ1) is 20.1. The second kappa shape index (κ2) is 9.05. The van der Waals surface area contributed by atoms with Crippen LogP contribution in [0, 0.1) is 13.8 Å². The maximum atomic E-state index is 12.6. The number of amides is 2. The molecule has 0 atom stereocenters. The number of nitrogens with one attached hydrogen (secondary N) is 2. The van der Waals surface area contributed by atoms with Crippen LogP contribution in [0.3, 0.4) is 0 Å². The van der Waals surface area contributed by atoms with E-state index in [1.54, 1.807) is 31.2 Å². The topological polar surface area (TPSA) is 85.2 Å². The average molecular weight is 392 g/mol. The van der Waals surface area contributed by atoms with Crippen molar-refractivity contribution in [3.63, 3.8) is 0 Å². The fraction of sp³-hybridized carbons (Fsp3) is 0.227. The van der Waals surface area contributed by atoms with Gasteiger partial charge in [0.05, 0.1) is 18.0 Å². The van der Waals surface area contributed by atoms with E-state index in [1.165, 1.54) is 0 Å². The smallest absolute Gasteiger partial charge is 0.411 e. The summed E-state index contributed by atoms with van der Waals surface area (Å²) in [5.41, 5.74) is 4.74. The van der Waals surface area contributed by atoms with Gasteiger partial charge in [-0.05, 0) is 51.1 Å². The molecule has 0 unspecified atom stereocenters. The van der Waals surface area contributed by atoms with Crippen LogP contribution < -0.4 is 10.6 Å². The van der Waals surface area contributed by atoms with Crippen LogP contribution in [0.5, 0.6) is 0 Å². The van der Waals surface area contributed by atoms with E-state index >= 15 is 0 Å². The van der Waals surface area contributed by atoms with Gasteiger partial charge in [-0.1, -0.05) is 24.3 Å². The van der Waals surface area contributed by atoms with Crippen molar-refractivity contribution >= 4 is 17.7 Å². The molecule has 2 amide bonds. The zero-order chi connectivity index (χ0) is 20.8. The number of nitrogens with zero attached hydrogens (tertiary/aromatic N) is 2. The maximum Gasteiger partial charge on any atom is 0.411 e. The van der Waals surface area contributed by atoms with Crippen LogP contribution in [0.25, 0.3) is 5.69 Å². The van der Waals surface area contributed by atoms with Gasteiger partial charge >= 0.3 is 6.09 Å². The van der Waals surface area contributed by atoms with Gasteiger partial charge in [-0.3, -0.25) is 10.1 Å². The fourth-order valence-corrected chi connectivity index (χ4v) is 3.05. The van der Waals surface area contributed by atoms with Crippen molar-refractivity contribution in [1.82, 2.24) is 15.1 Å². The van der Waals surface area contributed by atoms with E-state index < -0.39 is 6.09 Å². The van der Waals surface area contributed by atoms with E-state index in [-0.39, 0.29) is 12.5 Å². The largest absolute Gasteiger partial charge is 0.450 e. The molecule has 7 nitrogen and oxygen atoms in total. The van der Waals surface area contributed by atoms with Crippen molar-refractivity contribution in [1.29, 1.82) is 0 Å². The predicted octanol–water partition coefficient (Wildman–Crippen LogP) is 3.99. The van der Waals surface area contributed by atoms with Crippen LogP contribution >= 0.6 is 0 Å². The lowest BCUT2D eigenvalue weighted by Gasteiger charge is -2.09. The molecule has 2 aromatic carbocycles. The summed E-state index contributed by atoms with van der Waals surface area (Å²) in [5, 5.41) is 10.1. The van der Waals surface area contributed by atoms with Crippen molar-refractivity contribution in [2.75, 3.05) is 11.9 Å². The van der Waals surface area contributed by atoms with Crippen molar-refractivity contribution in [2.45, 2.75) is 27.3 Å². The number of anilines is 1. The predicted molar refractivity (Wildman–Crippen MR) is 111 cm³/mol. The summed E-state index contributed by atoms with van der Waals surface area (Å²) in [6, 6.07) is 16.6. The average Bonchev–Trinajstić information content (AvgIpc) is 3.01. The van der Waals surface area contributed by atoms with Gasteiger partial charge in [0.1, 0.15) is 0 Å². The van der Waals surface area contributed by atoms with Gasteiger partial charge in [-0.15, -0.1) is 0 Å². The standard InChI is InChI=1S/C22H24N4O3/c1-4-29-22(28)24-18-10-8-9-17(13-18)21(27)23-14-20-15(2)25-26(16(20)3)19-11-6-5-7-12-19/h5-13H,4,14H2,1-3H3,(H,23,27)(H,24,28). The molecular formula is C22H24N4O3. The maximum absolute atomic E-state index is 12.6. The highest BCUT2D eigenvalue weighted by Gasteiger charge is 2.14. The molecule has 0 bridgehead atoms. The van der Waals surface area contributed by atoms with E-state index in [0.29, 0.717) is 17.8 Å². The van der Waals surface area contributed by atoms with Crippen LogP contribution in [-0.4, -0.2) is 28.4 Å². The molecule has 0 aliphatic carbocycles. The first-order valence-corrected chi connectivity index (χ1v) is 9.42. The lowest BCUT2D eigenvalue weighted by molar-refractivity contribution is 0.0950. The molecule has 29 heavy (non-hydrogen) atoms. The molecule has 150 valence electrons. The number of ether oxygens (including phenoxy) is 1. The summed E-state index contributed by atoms with van der Waals surface area (Å²) >= 11 is 0. The Morgan fingerprint density at radius 3 is 2.55 bits per heavy atom. The fourth-order valence-electron chi connectivity index (χ4n) is 3.05. The monoisotopic (exact) mass is 392 g/mol. The lowest BCUT2D eigenvalue weighted by Crippen LogP contribution is -2.23. The van der Waals surface area contributed by atoms with E-state index in [1.807, 2.05) is 48.9 Å². The molecule has 0 saturated carbocycles. The van der Waals surface area contributed by atoms with Crippen LogP contribution in [0.15, 0.2) is 54.6 Å². The van der Waals surface area contributed by atoms with E-state index in [0.717, 1.165) is 22.6 Å². The van der Waals surface area contributed by atoms with Crippen LogP contribution in [0.2, 0.25) is 0 Å². The lowest BCUT2D eigenvalue weighted by atomic mass is 10.1. The summed E-state index contributed by atoms with van der Waals surface area (Å²) < 4.78 is 6.73. The molecule has 1 aromatic heterocycles. The van der Waals surface area contributed by atoms with Gasteiger partial charge in [0.25, 0.3) is 5.91 Å². The Kier molecular flexibility index (Phi) is 6.29. The van der Waals surface area contributed by atoms with Crippen LogP contribution in [0.4, 0.5) is 10.5 Å². The molecule has 0 fully saturated rings. The van der Waals surface area contributed by atoms with Crippen LogP contribution in [0.1, 0.15) is 34.2 Å². The molecule has 3 rings (SSSR count). The highest BCUT2D eigenvalue weighted by Crippen LogP contribution is 2.18. The SMILES string of the molecule is CCOC(=O)Nc1cccc(C(=O)NCc2c(C)nn(-c3ccccc3)c2C)c1. The van der Waals surface area contributed by atoms with Gasteiger partial charge in [-0.2, -0.15) is 5.10 Å². The van der Waals surface area contributed by atoms with Gasteiger partial charge in [0.2, 0.25) is 0 Å².